The summed E-state index contributed by atoms with van der Waals surface area (Å²) in [6.45, 7) is 2.98. The number of ketones is 1. The van der Waals surface area contributed by atoms with E-state index in [1.165, 1.54) is 0 Å². The van der Waals surface area contributed by atoms with Crippen LogP contribution in [0.1, 0.15) is 32.1 Å². The van der Waals surface area contributed by atoms with Gasteiger partial charge in [0.05, 0.1) is 17.7 Å². The first-order valence-corrected chi connectivity index (χ1v) is 9.62. The highest BCUT2D eigenvalue weighted by Crippen LogP contribution is 2.27. The van der Waals surface area contributed by atoms with Gasteiger partial charge in [0, 0.05) is 38.8 Å². The van der Waals surface area contributed by atoms with E-state index in [2.05, 4.69) is 0 Å². The second-order valence-corrected chi connectivity index (χ2v) is 7.71. The smallest absolute Gasteiger partial charge is 0.286 e. The molecule has 0 saturated heterocycles. The topological polar surface area (TPSA) is 130 Å². The van der Waals surface area contributed by atoms with Gasteiger partial charge >= 0.3 is 0 Å². The van der Waals surface area contributed by atoms with E-state index in [0.29, 0.717) is 32.7 Å². The lowest BCUT2D eigenvalue weighted by Gasteiger charge is -2.11. The van der Waals surface area contributed by atoms with Crippen LogP contribution in [0, 0.1) is 24.0 Å². The number of rotatable bonds is 6. The maximum Gasteiger partial charge on any atom is 0.286 e. The number of hydrogen-bond acceptors (Lipinski definition) is 5. The van der Waals surface area contributed by atoms with Crippen LogP contribution < -0.4 is 11.3 Å². The monoisotopic (exact) mass is 462 g/mol. The molecule has 2 aromatic heterocycles. The van der Waals surface area contributed by atoms with Gasteiger partial charge in [-0.15, -0.1) is 0 Å². The zero-order chi connectivity index (χ0) is 23.0. The summed E-state index contributed by atoms with van der Waals surface area (Å²) in [6.07, 6.45) is 0.905. The minimum Gasteiger partial charge on any atom is -0.365 e. The molecular weight excluding hydrogens is 447 g/mol. The summed E-state index contributed by atoms with van der Waals surface area (Å²) >= 11 is 12.2. The number of aromatic nitrogens is 2. The molecule has 1 aromatic carbocycles. The maximum atomic E-state index is 13.0. The third-order valence-electron chi connectivity index (χ3n) is 4.70. The highest BCUT2D eigenvalue weighted by atomic mass is 35.5. The van der Waals surface area contributed by atoms with Gasteiger partial charge in [-0.05, 0) is 38.1 Å². The Hall–Kier alpha value is -3.43. The van der Waals surface area contributed by atoms with Gasteiger partial charge in [-0.1, -0.05) is 23.2 Å². The molecule has 0 bridgehead atoms. The normalized spacial score (nSPS) is 10.8. The first-order valence-electron chi connectivity index (χ1n) is 8.87. The van der Waals surface area contributed by atoms with Crippen LogP contribution in [-0.4, -0.2) is 25.7 Å². The molecule has 0 aliphatic heterocycles. The van der Waals surface area contributed by atoms with Crippen molar-refractivity contribution in [2.24, 2.45) is 5.73 Å². The molecule has 0 aliphatic rings. The van der Waals surface area contributed by atoms with Crippen molar-refractivity contribution < 1.29 is 14.5 Å². The van der Waals surface area contributed by atoms with Crippen molar-refractivity contribution in [3.05, 3.63) is 89.6 Å². The first kappa shape index (κ1) is 22.3. The number of nitrogens with zero attached hydrogens (tertiary/aromatic N) is 3. The number of pyridine rings is 1. The van der Waals surface area contributed by atoms with Crippen molar-refractivity contribution in [1.29, 1.82) is 0 Å². The predicted octanol–water partition coefficient (Wildman–Crippen LogP) is 3.45. The van der Waals surface area contributed by atoms with Gasteiger partial charge in [-0.25, -0.2) is 0 Å². The Morgan fingerprint density at radius 3 is 2.23 bits per heavy atom. The molecule has 0 atom stereocenters. The van der Waals surface area contributed by atoms with E-state index in [4.69, 9.17) is 28.9 Å². The van der Waals surface area contributed by atoms with Gasteiger partial charge in [0.1, 0.15) is 5.56 Å². The number of hydrogen-bond donors (Lipinski definition) is 1. The molecule has 160 valence electrons. The lowest BCUT2D eigenvalue weighted by Crippen LogP contribution is -2.31. The molecule has 0 radical (unpaired) electrons. The number of nitro groups is 1. The van der Waals surface area contributed by atoms with Gasteiger partial charge in [0.2, 0.25) is 0 Å². The number of primary amides is 1. The first-order chi connectivity index (χ1) is 14.5. The Balaban J connectivity index is 2.05. The van der Waals surface area contributed by atoms with Crippen molar-refractivity contribution in [1.82, 2.24) is 9.13 Å². The van der Waals surface area contributed by atoms with E-state index in [0.717, 1.165) is 16.8 Å². The molecule has 3 aromatic rings. The van der Waals surface area contributed by atoms with Crippen molar-refractivity contribution in [2.75, 3.05) is 0 Å². The SMILES string of the molecule is Cc1cc(C(=O)Cn2cc([N+](=O)[O-])cc(C(N)=O)c2=O)c(C)n1-c1cc(Cl)cc(Cl)c1. The van der Waals surface area contributed by atoms with Crippen LogP contribution >= 0.6 is 23.2 Å². The Morgan fingerprint density at radius 2 is 1.68 bits per heavy atom. The van der Waals surface area contributed by atoms with E-state index in [1.54, 1.807) is 42.7 Å². The second-order valence-electron chi connectivity index (χ2n) is 6.84. The molecule has 11 heteroatoms. The van der Waals surface area contributed by atoms with Crippen LogP contribution in [0.5, 0.6) is 0 Å². The van der Waals surface area contributed by atoms with E-state index < -0.39 is 40.0 Å². The zero-order valence-corrected chi connectivity index (χ0v) is 17.9. The van der Waals surface area contributed by atoms with E-state index in [1.807, 2.05) is 0 Å². The average Bonchev–Trinajstić information content (AvgIpc) is 2.96. The average molecular weight is 463 g/mol. The highest BCUT2D eigenvalue weighted by molar-refractivity contribution is 6.34. The fourth-order valence-corrected chi connectivity index (χ4v) is 3.88. The van der Waals surface area contributed by atoms with Gasteiger partial charge in [-0.2, -0.15) is 0 Å². The third-order valence-corrected chi connectivity index (χ3v) is 5.14. The Kier molecular flexibility index (Phi) is 6.01. The van der Waals surface area contributed by atoms with Gasteiger partial charge < -0.3 is 14.9 Å². The number of Topliss-reactive ketones (excluding diaryl/α,β-unsaturated/α-hetero) is 1. The summed E-state index contributed by atoms with van der Waals surface area (Å²) in [5.74, 6) is -1.60. The molecule has 9 nitrogen and oxygen atoms in total. The Morgan fingerprint density at radius 1 is 1.06 bits per heavy atom. The number of carbonyl (C=O) groups excluding carboxylic acids is 2. The highest BCUT2D eigenvalue weighted by Gasteiger charge is 2.22. The quantitative estimate of drug-likeness (QED) is 0.340. The maximum absolute atomic E-state index is 13.0. The van der Waals surface area contributed by atoms with Crippen LogP contribution in [0.2, 0.25) is 10.0 Å². The number of carbonyl (C=O) groups is 2. The fourth-order valence-electron chi connectivity index (χ4n) is 3.36. The molecule has 0 unspecified atom stereocenters. The third kappa shape index (κ3) is 4.37. The van der Waals surface area contributed by atoms with Crippen LogP contribution in [0.3, 0.4) is 0 Å². The molecule has 31 heavy (non-hydrogen) atoms. The molecule has 0 spiro atoms. The Labute approximate surface area is 185 Å². The minimum absolute atomic E-state index is 0.299. The fraction of sp³-hybridized carbons (Fsp3) is 0.150. The van der Waals surface area contributed by atoms with Crippen LogP contribution in [-0.2, 0) is 6.54 Å². The summed E-state index contributed by atoms with van der Waals surface area (Å²) in [4.78, 5) is 47.3. The van der Waals surface area contributed by atoms with E-state index in [-0.39, 0.29) is 0 Å². The summed E-state index contributed by atoms with van der Waals surface area (Å²) in [6, 6.07) is 7.37. The summed E-state index contributed by atoms with van der Waals surface area (Å²) in [5, 5.41) is 12.0. The molecule has 0 saturated carbocycles. The molecule has 0 fully saturated rings. The molecule has 1 amide bonds. The molecule has 3 rings (SSSR count). The van der Waals surface area contributed by atoms with Crippen molar-refractivity contribution >= 4 is 40.6 Å². The minimum atomic E-state index is -1.12. The lowest BCUT2D eigenvalue weighted by atomic mass is 10.1. The van der Waals surface area contributed by atoms with Gasteiger partial charge in [0.25, 0.3) is 17.2 Å². The van der Waals surface area contributed by atoms with Crippen molar-refractivity contribution in [3.8, 4) is 5.69 Å². The largest absolute Gasteiger partial charge is 0.365 e. The van der Waals surface area contributed by atoms with E-state index >= 15 is 0 Å². The number of nitrogens with two attached hydrogens (primary N) is 1. The van der Waals surface area contributed by atoms with Gasteiger partial charge in [0.15, 0.2) is 5.78 Å². The number of amides is 1. The number of aryl methyl sites for hydroxylation is 1. The summed E-state index contributed by atoms with van der Waals surface area (Å²) < 4.78 is 2.58. The molecule has 2 heterocycles. The molecule has 0 aliphatic carbocycles. The van der Waals surface area contributed by atoms with E-state index in [9.17, 15) is 24.5 Å². The van der Waals surface area contributed by atoms with Crippen molar-refractivity contribution in [3.63, 3.8) is 0 Å². The number of halogens is 2. The van der Waals surface area contributed by atoms with Crippen LogP contribution in [0.4, 0.5) is 5.69 Å². The Bertz CT molecular complexity index is 1290. The van der Waals surface area contributed by atoms with Gasteiger partial charge in [-0.3, -0.25) is 24.5 Å². The van der Waals surface area contributed by atoms with Crippen LogP contribution in [0.25, 0.3) is 5.69 Å². The zero-order valence-electron chi connectivity index (χ0n) is 16.4. The molecule has 2 N–H and O–H groups in total. The second kappa shape index (κ2) is 8.37. The summed E-state index contributed by atoms with van der Waals surface area (Å²) in [5.41, 5.74) is 5.39. The number of benzene rings is 1. The predicted molar refractivity (Wildman–Crippen MR) is 115 cm³/mol. The summed E-state index contributed by atoms with van der Waals surface area (Å²) in [7, 11) is 0. The standard InChI is InChI=1S/C20H16Cl2N4O5/c1-10-3-16(11(2)25(10)14-5-12(21)4-13(22)6-14)18(27)9-24-8-15(26(30)31)7-17(19(23)28)20(24)29/h3-8H,9H2,1-2H3,(H2,23,28). The lowest BCUT2D eigenvalue weighted by molar-refractivity contribution is -0.385. The van der Waals surface area contributed by atoms with Crippen LogP contribution in [0.15, 0.2) is 41.3 Å². The van der Waals surface area contributed by atoms with Crippen molar-refractivity contribution in [2.45, 2.75) is 20.4 Å². The molecular formula is C20H16Cl2N4O5.